The van der Waals surface area contributed by atoms with Crippen LogP contribution in [0.25, 0.3) is 0 Å². The van der Waals surface area contributed by atoms with Gasteiger partial charge in [0, 0.05) is 11.3 Å². The molecular formula is C15H16N2O3. The SMILES string of the molecule is CC1Oc2ccc(NC(C)c3ccoc3)cc2NC1=O. The topological polar surface area (TPSA) is 63.5 Å². The summed E-state index contributed by atoms with van der Waals surface area (Å²) in [6.45, 7) is 3.77. The van der Waals surface area contributed by atoms with Gasteiger partial charge in [-0.25, -0.2) is 0 Å². The summed E-state index contributed by atoms with van der Waals surface area (Å²) in [5.41, 5.74) is 2.67. The molecule has 2 unspecified atom stereocenters. The standard InChI is InChI=1S/C15H16N2O3/c1-9(11-5-6-19-8-11)16-12-3-4-14-13(7-12)17-15(18)10(2)20-14/h3-10,16H,1-2H3,(H,17,18). The van der Waals surface area contributed by atoms with Crippen LogP contribution in [0.2, 0.25) is 0 Å². The van der Waals surface area contributed by atoms with Crippen molar-refractivity contribution in [3.05, 3.63) is 42.4 Å². The van der Waals surface area contributed by atoms with Gasteiger partial charge < -0.3 is 19.8 Å². The number of rotatable bonds is 3. The van der Waals surface area contributed by atoms with E-state index >= 15 is 0 Å². The van der Waals surface area contributed by atoms with E-state index in [1.165, 1.54) is 0 Å². The Morgan fingerprint density at radius 3 is 2.95 bits per heavy atom. The van der Waals surface area contributed by atoms with Crippen molar-refractivity contribution in [2.24, 2.45) is 0 Å². The van der Waals surface area contributed by atoms with Gasteiger partial charge in [0.1, 0.15) is 5.75 Å². The maximum absolute atomic E-state index is 11.6. The van der Waals surface area contributed by atoms with Crippen molar-refractivity contribution >= 4 is 17.3 Å². The molecule has 1 amide bonds. The minimum Gasteiger partial charge on any atom is -0.479 e. The van der Waals surface area contributed by atoms with Crippen LogP contribution >= 0.6 is 0 Å². The molecular weight excluding hydrogens is 256 g/mol. The Kier molecular flexibility index (Phi) is 3.10. The van der Waals surface area contributed by atoms with E-state index in [1.54, 1.807) is 19.5 Å². The normalized spacial score (nSPS) is 18.7. The van der Waals surface area contributed by atoms with Gasteiger partial charge in [-0.15, -0.1) is 0 Å². The molecule has 2 heterocycles. The van der Waals surface area contributed by atoms with Crippen molar-refractivity contribution in [2.75, 3.05) is 10.6 Å². The van der Waals surface area contributed by atoms with Crippen LogP contribution in [0.3, 0.4) is 0 Å². The summed E-state index contributed by atoms with van der Waals surface area (Å²) in [4.78, 5) is 11.6. The smallest absolute Gasteiger partial charge is 0.265 e. The van der Waals surface area contributed by atoms with E-state index in [1.807, 2.05) is 31.2 Å². The number of anilines is 2. The zero-order chi connectivity index (χ0) is 14.1. The van der Waals surface area contributed by atoms with Gasteiger partial charge in [-0.2, -0.15) is 0 Å². The Morgan fingerprint density at radius 2 is 2.20 bits per heavy atom. The zero-order valence-electron chi connectivity index (χ0n) is 11.3. The first-order valence-electron chi connectivity index (χ1n) is 6.53. The largest absolute Gasteiger partial charge is 0.479 e. The third kappa shape index (κ3) is 2.34. The predicted molar refractivity (Wildman–Crippen MR) is 75.9 cm³/mol. The van der Waals surface area contributed by atoms with Crippen molar-refractivity contribution in [1.29, 1.82) is 0 Å². The number of carbonyl (C=O) groups excluding carboxylic acids is 1. The minimum atomic E-state index is -0.453. The molecule has 2 atom stereocenters. The van der Waals surface area contributed by atoms with Gasteiger partial charge in [-0.3, -0.25) is 4.79 Å². The third-order valence-electron chi connectivity index (χ3n) is 3.34. The van der Waals surface area contributed by atoms with E-state index in [-0.39, 0.29) is 11.9 Å². The molecule has 104 valence electrons. The highest BCUT2D eigenvalue weighted by Gasteiger charge is 2.23. The van der Waals surface area contributed by atoms with Crippen LogP contribution in [-0.2, 0) is 4.79 Å². The fourth-order valence-corrected chi connectivity index (χ4v) is 2.15. The molecule has 0 saturated carbocycles. The molecule has 0 bridgehead atoms. The number of benzene rings is 1. The van der Waals surface area contributed by atoms with Crippen LogP contribution in [0.4, 0.5) is 11.4 Å². The number of carbonyl (C=O) groups is 1. The molecule has 2 aromatic rings. The molecule has 0 spiro atoms. The summed E-state index contributed by atoms with van der Waals surface area (Å²) in [5, 5.41) is 6.19. The molecule has 2 N–H and O–H groups in total. The average Bonchev–Trinajstić information content (AvgIpc) is 2.94. The van der Waals surface area contributed by atoms with E-state index in [9.17, 15) is 4.79 Å². The van der Waals surface area contributed by atoms with E-state index in [2.05, 4.69) is 10.6 Å². The summed E-state index contributed by atoms with van der Waals surface area (Å²) in [6.07, 6.45) is 2.91. The van der Waals surface area contributed by atoms with Crippen LogP contribution in [-0.4, -0.2) is 12.0 Å². The highest BCUT2D eigenvalue weighted by atomic mass is 16.5. The first kappa shape index (κ1) is 12.6. The van der Waals surface area contributed by atoms with Crippen molar-refractivity contribution in [3.63, 3.8) is 0 Å². The van der Waals surface area contributed by atoms with Crippen LogP contribution in [0.15, 0.2) is 41.2 Å². The van der Waals surface area contributed by atoms with E-state index in [0.717, 1.165) is 11.3 Å². The highest BCUT2D eigenvalue weighted by Crippen LogP contribution is 2.33. The number of fused-ring (bicyclic) bond motifs is 1. The molecule has 1 aliphatic rings. The van der Waals surface area contributed by atoms with Crippen LogP contribution in [0.5, 0.6) is 5.75 Å². The van der Waals surface area contributed by atoms with Crippen LogP contribution in [0.1, 0.15) is 25.5 Å². The lowest BCUT2D eigenvalue weighted by molar-refractivity contribution is -0.122. The lowest BCUT2D eigenvalue weighted by atomic mass is 10.1. The monoisotopic (exact) mass is 272 g/mol. The molecule has 0 saturated heterocycles. The van der Waals surface area contributed by atoms with Gasteiger partial charge in [0.2, 0.25) is 0 Å². The summed E-state index contributed by atoms with van der Waals surface area (Å²) < 4.78 is 10.6. The van der Waals surface area contributed by atoms with E-state index < -0.39 is 6.10 Å². The van der Waals surface area contributed by atoms with E-state index in [0.29, 0.717) is 11.4 Å². The molecule has 0 aliphatic carbocycles. The molecule has 5 heteroatoms. The zero-order valence-corrected chi connectivity index (χ0v) is 11.3. The van der Waals surface area contributed by atoms with Crippen molar-refractivity contribution in [2.45, 2.75) is 26.0 Å². The first-order valence-corrected chi connectivity index (χ1v) is 6.53. The number of furan rings is 1. The van der Waals surface area contributed by atoms with Gasteiger partial charge >= 0.3 is 0 Å². The Bertz CT molecular complexity index is 622. The fraction of sp³-hybridized carbons (Fsp3) is 0.267. The number of hydrogen-bond acceptors (Lipinski definition) is 4. The van der Waals surface area contributed by atoms with E-state index in [4.69, 9.17) is 9.15 Å². The summed E-state index contributed by atoms with van der Waals surface area (Å²) in [6, 6.07) is 7.69. The molecule has 0 fully saturated rings. The number of nitrogens with one attached hydrogen (secondary N) is 2. The average molecular weight is 272 g/mol. The Labute approximate surface area is 116 Å². The summed E-state index contributed by atoms with van der Waals surface area (Å²) >= 11 is 0. The van der Waals surface area contributed by atoms with Gasteiger partial charge in [0.05, 0.1) is 24.3 Å². The first-order chi connectivity index (χ1) is 9.63. The second-order valence-corrected chi connectivity index (χ2v) is 4.88. The van der Waals surface area contributed by atoms with Crippen LogP contribution < -0.4 is 15.4 Å². The van der Waals surface area contributed by atoms with Gasteiger partial charge in [-0.1, -0.05) is 0 Å². The van der Waals surface area contributed by atoms with Crippen molar-refractivity contribution in [1.82, 2.24) is 0 Å². The molecule has 1 aliphatic heterocycles. The quantitative estimate of drug-likeness (QED) is 0.900. The van der Waals surface area contributed by atoms with Gasteiger partial charge in [0.25, 0.3) is 5.91 Å². The second kappa shape index (κ2) is 4.92. The second-order valence-electron chi connectivity index (χ2n) is 4.88. The molecule has 20 heavy (non-hydrogen) atoms. The molecule has 3 rings (SSSR count). The molecule has 0 radical (unpaired) electrons. The molecule has 5 nitrogen and oxygen atoms in total. The predicted octanol–water partition coefficient (Wildman–Crippen LogP) is 3.17. The summed E-state index contributed by atoms with van der Waals surface area (Å²) in [7, 11) is 0. The maximum Gasteiger partial charge on any atom is 0.265 e. The lowest BCUT2D eigenvalue weighted by Gasteiger charge is -2.24. The number of amides is 1. The fourth-order valence-electron chi connectivity index (χ4n) is 2.15. The Hall–Kier alpha value is -2.43. The van der Waals surface area contributed by atoms with Crippen molar-refractivity contribution < 1.29 is 13.9 Å². The Morgan fingerprint density at radius 1 is 1.35 bits per heavy atom. The Balaban J connectivity index is 1.79. The third-order valence-corrected chi connectivity index (χ3v) is 3.34. The van der Waals surface area contributed by atoms with Crippen molar-refractivity contribution in [3.8, 4) is 5.75 Å². The summed E-state index contributed by atoms with van der Waals surface area (Å²) in [5.74, 6) is 0.566. The van der Waals surface area contributed by atoms with Gasteiger partial charge in [-0.05, 0) is 38.1 Å². The molecule has 1 aromatic heterocycles. The maximum atomic E-state index is 11.6. The van der Waals surface area contributed by atoms with Gasteiger partial charge in [0.15, 0.2) is 6.10 Å². The lowest BCUT2D eigenvalue weighted by Crippen LogP contribution is -2.34. The minimum absolute atomic E-state index is 0.117. The molecule has 1 aromatic carbocycles. The number of ether oxygens (including phenoxy) is 1. The highest BCUT2D eigenvalue weighted by molar-refractivity contribution is 5.98. The number of hydrogen-bond donors (Lipinski definition) is 2. The van der Waals surface area contributed by atoms with Crippen LogP contribution in [0, 0.1) is 0 Å².